The number of aliphatic imine (C=N–C) groups is 2. The van der Waals surface area contributed by atoms with Gasteiger partial charge in [0, 0.05) is 18.0 Å². The SMILES string of the molecule is C=NC=N/C=C(\C)c1cnc(C(=O)NCC(=O)O)c(O)c1. The number of hydrogen-bond acceptors (Lipinski definition) is 5. The topological polar surface area (TPSA) is 124 Å². The number of pyridine rings is 1. The molecule has 0 aliphatic carbocycles. The van der Waals surface area contributed by atoms with E-state index in [0.29, 0.717) is 11.1 Å². The van der Waals surface area contributed by atoms with Gasteiger partial charge in [0.05, 0.1) is 0 Å². The van der Waals surface area contributed by atoms with Crippen molar-refractivity contribution in [2.24, 2.45) is 9.98 Å². The number of amides is 1. The minimum Gasteiger partial charge on any atom is -0.505 e. The second kappa shape index (κ2) is 7.53. The average molecular weight is 290 g/mol. The van der Waals surface area contributed by atoms with Gasteiger partial charge in [-0.2, -0.15) is 0 Å². The highest BCUT2D eigenvalue weighted by atomic mass is 16.4. The van der Waals surface area contributed by atoms with Crippen LogP contribution in [-0.4, -0.2) is 46.7 Å². The largest absolute Gasteiger partial charge is 0.505 e. The van der Waals surface area contributed by atoms with Crippen LogP contribution >= 0.6 is 0 Å². The Morgan fingerprint density at radius 3 is 2.81 bits per heavy atom. The molecule has 8 nitrogen and oxygen atoms in total. The molecule has 0 aliphatic rings. The van der Waals surface area contributed by atoms with E-state index >= 15 is 0 Å². The first-order chi connectivity index (χ1) is 9.95. The lowest BCUT2D eigenvalue weighted by Crippen LogP contribution is -2.29. The summed E-state index contributed by atoms with van der Waals surface area (Å²) in [5.74, 6) is -2.31. The molecule has 0 atom stereocenters. The van der Waals surface area contributed by atoms with Crippen molar-refractivity contribution in [1.29, 1.82) is 0 Å². The van der Waals surface area contributed by atoms with E-state index in [2.05, 4.69) is 27.0 Å². The van der Waals surface area contributed by atoms with E-state index in [1.165, 1.54) is 24.8 Å². The lowest BCUT2D eigenvalue weighted by atomic mass is 10.1. The van der Waals surface area contributed by atoms with E-state index < -0.39 is 18.4 Å². The maximum absolute atomic E-state index is 11.6. The highest BCUT2D eigenvalue weighted by molar-refractivity contribution is 5.96. The van der Waals surface area contributed by atoms with E-state index in [1.54, 1.807) is 6.92 Å². The van der Waals surface area contributed by atoms with Gasteiger partial charge >= 0.3 is 5.97 Å². The summed E-state index contributed by atoms with van der Waals surface area (Å²) >= 11 is 0. The fourth-order valence-electron chi connectivity index (χ4n) is 1.35. The van der Waals surface area contributed by atoms with Crippen molar-refractivity contribution in [3.63, 3.8) is 0 Å². The van der Waals surface area contributed by atoms with Crippen LogP contribution in [0.1, 0.15) is 23.0 Å². The molecule has 0 saturated carbocycles. The molecule has 1 rings (SSSR count). The third-order valence-electron chi connectivity index (χ3n) is 2.35. The van der Waals surface area contributed by atoms with Gasteiger partial charge < -0.3 is 15.5 Å². The Balaban J connectivity index is 2.92. The number of allylic oxidation sites excluding steroid dienone is 1. The van der Waals surface area contributed by atoms with Gasteiger partial charge in [-0.25, -0.2) is 9.98 Å². The van der Waals surface area contributed by atoms with Crippen LogP contribution in [0.4, 0.5) is 0 Å². The molecular weight excluding hydrogens is 276 g/mol. The molecule has 3 N–H and O–H groups in total. The Labute approximate surface area is 120 Å². The lowest BCUT2D eigenvalue weighted by Gasteiger charge is -2.06. The highest BCUT2D eigenvalue weighted by Crippen LogP contribution is 2.21. The minimum atomic E-state index is -1.19. The Morgan fingerprint density at radius 2 is 2.24 bits per heavy atom. The summed E-state index contributed by atoms with van der Waals surface area (Å²) < 4.78 is 0. The van der Waals surface area contributed by atoms with Gasteiger partial charge in [0.2, 0.25) is 0 Å². The van der Waals surface area contributed by atoms with Crippen molar-refractivity contribution in [3.05, 3.63) is 29.7 Å². The summed E-state index contributed by atoms with van der Waals surface area (Å²) in [7, 11) is 0. The second-order valence-corrected chi connectivity index (χ2v) is 3.93. The van der Waals surface area contributed by atoms with E-state index in [9.17, 15) is 14.7 Å². The van der Waals surface area contributed by atoms with Crippen molar-refractivity contribution in [3.8, 4) is 5.75 Å². The molecular formula is C13H14N4O4. The van der Waals surface area contributed by atoms with Crippen LogP contribution in [0.25, 0.3) is 5.57 Å². The van der Waals surface area contributed by atoms with Gasteiger partial charge in [-0.3, -0.25) is 14.6 Å². The van der Waals surface area contributed by atoms with E-state index in [-0.39, 0.29) is 11.4 Å². The predicted octanol–water partition coefficient (Wildman–Crippen LogP) is 0.691. The maximum atomic E-state index is 11.6. The van der Waals surface area contributed by atoms with Crippen LogP contribution in [-0.2, 0) is 4.79 Å². The fraction of sp³-hybridized carbons (Fsp3) is 0.154. The first-order valence-electron chi connectivity index (χ1n) is 5.79. The molecule has 0 aliphatic heterocycles. The van der Waals surface area contributed by atoms with Crippen LogP contribution in [0.15, 0.2) is 28.4 Å². The Hall–Kier alpha value is -3.03. The van der Waals surface area contributed by atoms with Gasteiger partial charge in [0.1, 0.15) is 18.6 Å². The molecule has 0 saturated heterocycles. The standard InChI is InChI=1S/C13H14N4O4/c1-8(4-15-7-14-2)9-3-10(18)12(16-5-9)13(21)17-6-11(19)20/h3-5,7,18H,2,6H2,1H3,(H,17,21)(H,19,20)/b8-4+,15-7?. The summed E-state index contributed by atoms with van der Waals surface area (Å²) in [4.78, 5) is 33.1. The fourth-order valence-corrected chi connectivity index (χ4v) is 1.35. The number of nitrogens with zero attached hydrogens (tertiary/aromatic N) is 3. The normalized spacial score (nSPS) is 11.4. The lowest BCUT2D eigenvalue weighted by molar-refractivity contribution is -0.135. The quantitative estimate of drug-likeness (QED) is 0.525. The molecule has 0 unspecified atom stereocenters. The van der Waals surface area contributed by atoms with Crippen LogP contribution in [0.5, 0.6) is 5.75 Å². The van der Waals surface area contributed by atoms with Gasteiger partial charge in [0.25, 0.3) is 5.91 Å². The first kappa shape index (κ1) is 16.0. The molecule has 0 fully saturated rings. The Bertz CT molecular complexity index is 623. The number of hydrogen-bond donors (Lipinski definition) is 3. The van der Waals surface area contributed by atoms with Crippen LogP contribution in [0, 0.1) is 0 Å². The number of carboxylic acids is 1. The average Bonchev–Trinajstić information content (AvgIpc) is 2.44. The monoisotopic (exact) mass is 290 g/mol. The molecule has 0 radical (unpaired) electrons. The molecule has 0 bridgehead atoms. The van der Waals surface area contributed by atoms with Gasteiger partial charge in [0.15, 0.2) is 5.69 Å². The predicted molar refractivity (Wildman–Crippen MR) is 77.6 cm³/mol. The second-order valence-electron chi connectivity index (χ2n) is 3.93. The third kappa shape index (κ3) is 4.86. The van der Waals surface area contributed by atoms with Crippen molar-refractivity contribution < 1.29 is 19.8 Å². The number of aromatic hydroxyl groups is 1. The number of aliphatic carboxylic acids is 1. The number of carboxylic acid groups (broad SMARTS) is 1. The molecule has 1 aromatic heterocycles. The van der Waals surface area contributed by atoms with Gasteiger partial charge in [-0.05, 0) is 25.3 Å². The molecule has 1 aromatic rings. The maximum Gasteiger partial charge on any atom is 0.322 e. The molecule has 1 heterocycles. The van der Waals surface area contributed by atoms with Gasteiger partial charge in [-0.1, -0.05) is 0 Å². The van der Waals surface area contributed by atoms with Crippen molar-refractivity contribution >= 4 is 30.5 Å². The zero-order valence-electron chi connectivity index (χ0n) is 11.3. The zero-order valence-corrected chi connectivity index (χ0v) is 11.3. The summed E-state index contributed by atoms with van der Waals surface area (Å²) in [6.45, 7) is 4.42. The molecule has 0 spiro atoms. The van der Waals surface area contributed by atoms with Crippen molar-refractivity contribution in [2.75, 3.05) is 6.54 Å². The number of carbonyl (C=O) groups excluding carboxylic acids is 1. The molecule has 0 aromatic carbocycles. The van der Waals surface area contributed by atoms with E-state index in [0.717, 1.165) is 0 Å². The van der Waals surface area contributed by atoms with Gasteiger partial charge in [-0.15, -0.1) is 0 Å². The van der Waals surface area contributed by atoms with Crippen LogP contribution < -0.4 is 5.32 Å². The summed E-state index contributed by atoms with van der Waals surface area (Å²) in [6.07, 6.45) is 4.12. The van der Waals surface area contributed by atoms with Crippen LogP contribution in [0.2, 0.25) is 0 Å². The molecule has 1 amide bonds. The molecule has 110 valence electrons. The van der Waals surface area contributed by atoms with E-state index in [4.69, 9.17) is 5.11 Å². The number of nitrogens with one attached hydrogen (secondary N) is 1. The smallest absolute Gasteiger partial charge is 0.322 e. The highest BCUT2D eigenvalue weighted by Gasteiger charge is 2.14. The van der Waals surface area contributed by atoms with Crippen molar-refractivity contribution in [2.45, 2.75) is 6.92 Å². The minimum absolute atomic E-state index is 0.246. The molecule has 8 heteroatoms. The molecule has 21 heavy (non-hydrogen) atoms. The zero-order chi connectivity index (χ0) is 15.8. The van der Waals surface area contributed by atoms with Crippen LogP contribution in [0.3, 0.4) is 0 Å². The number of rotatable bonds is 6. The van der Waals surface area contributed by atoms with Crippen molar-refractivity contribution in [1.82, 2.24) is 10.3 Å². The number of carbonyl (C=O) groups is 2. The third-order valence-corrected chi connectivity index (χ3v) is 2.35. The Kier molecular flexibility index (Phi) is 5.75. The summed E-state index contributed by atoms with van der Waals surface area (Å²) in [5, 5.41) is 20.4. The Morgan fingerprint density at radius 1 is 1.52 bits per heavy atom. The summed E-state index contributed by atoms with van der Waals surface area (Å²) in [5.41, 5.74) is 1.00. The summed E-state index contributed by atoms with van der Waals surface area (Å²) in [6, 6.07) is 1.34. The first-order valence-corrected chi connectivity index (χ1v) is 5.79. The number of aromatic nitrogens is 1. The van der Waals surface area contributed by atoms with E-state index in [1.807, 2.05) is 0 Å².